The van der Waals surface area contributed by atoms with Gasteiger partial charge in [-0.05, 0) is 80.1 Å². The van der Waals surface area contributed by atoms with Gasteiger partial charge in [0.25, 0.3) is 0 Å². The van der Waals surface area contributed by atoms with Gasteiger partial charge in [-0.1, -0.05) is 18.3 Å². The number of rotatable bonds is 8. The molecule has 9 nitrogen and oxygen atoms in total. The van der Waals surface area contributed by atoms with Crippen LogP contribution in [0.4, 0.5) is 26.6 Å². The molecule has 0 bridgehead atoms. The molecule has 2 saturated heterocycles. The Balaban J connectivity index is 1.13. The molecule has 4 heterocycles. The molecule has 5 aromatic rings. The van der Waals surface area contributed by atoms with E-state index in [0.717, 1.165) is 121 Å². The minimum absolute atomic E-state index is 0.239. The van der Waals surface area contributed by atoms with Crippen LogP contribution >= 0.6 is 11.3 Å². The number of aromatic nitrogens is 4. The number of anilines is 4. The second kappa shape index (κ2) is 12.0. The predicted molar refractivity (Wildman–Crippen MR) is 179 cm³/mol. The smallest absolute Gasteiger partial charge is 0.210 e. The lowest BCUT2D eigenvalue weighted by atomic mass is 10.2. The standard InChI is InChI=1S/C34H37FN8OS/c1-2-40-13-15-42(16-14-40)30-22-31-29(36-32(43(31)27-11-12-27)23-3-7-25(35)8-4-23)21-28(30)37-34-39-38-33(45-34)24-5-9-26(10-6-24)41-17-19-44-20-18-41/h3-10,21-22,27H,2,11-20H2,1H3,(H,37,39). The number of ether oxygens (including phenoxy) is 1. The van der Waals surface area contributed by atoms with Crippen molar-refractivity contribution in [3.63, 3.8) is 0 Å². The fourth-order valence-corrected chi connectivity index (χ4v) is 7.21. The Bertz CT molecular complexity index is 1790. The van der Waals surface area contributed by atoms with Crippen LogP contribution in [-0.4, -0.2) is 83.7 Å². The van der Waals surface area contributed by atoms with Gasteiger partial charge in [-0.25, -0.2) is 9.37 Å². The normalized spacial score (nSPS) is 17.7. The predicted octanol–water partition coefficient (Wildman–Crippen LogP) is 6.42. The van der Waals surface area contributed by atoms with E-state index in [0.29, 0.717) is 6.04 Å². The third-order valence-corrected chi connectivity index (χ3v) is 10.0. The number of fused-ring (bicyclic) bond motifs is 1. The van der Waals surface area contributed by atoms with E-state index in [-0.39, 0.29) is 5.82 Å². The van der Waals surface area contributed by atoms with Gasteiger partial charge in [0.15, 0.2) is 0 Å². The van der Waals surface area contributed by atoms with Gasteiger partial charge in [0.1, 0.15) is 16.6 Å². The van der Waals surface area contributed by atoms with Crippen LogP contribution in [0, 0.1) is 5.82 Å². The van der Waals surface area contributed by atoms with Gasteiger partial charge < -0.3 is 29.3 Å². The topological polar surface area (TPSA) is 74.6 Å². The number of imidazole rings is 1. The van der Waals surface area contributed by atoms with Gasteiger partial charge in [-0.15, -0.1) is 10.2 Å². The molecule has 0 unspecified atom stereocenters. The van der Waals surface area contributed by atoms with E-state index in [4.69, 9.17) is 9.72 Å². The molecule has 0 amide bonds. The van der Waals surface area contributed by atoms with E-state index in [1.165, 1.54) is 17.8 Å². The number of benzene rings is 3. The van der Waals surface area contributed by atoms with Crippen molar-refractivity contribution in [2.45, 2.75) is 25.8 Å². The molecule has 3 fully saturated rings. The van der Waals surface area contributed by atoms with Crippen molar-refractivity contribution in [3.05, 3.63) is 66.5 Å². The summed E-state index contributed by atoms with van der Waals surface area (Å²) in [5.74, 6) is 0.655. The maximum atomic E-state index is 13.8. The highest BCUT2D eigenvalue weighted by Gasteiger charge is 2.30. The highest BCUT2D eigenvalue weighted by molar-refractivity contribution is 7.18. The third kappa shape index (κ3) is 5.76. The third-order valence-electron chi connectivity index (χ3n) is 9.14. The zero-order valence-corrected chi connectivity index (χ0v) is 26.3. The van der Waals surface area contributed by atoms with E-state index in [1.54, 1.807) is 11.3 Å². The molecule has 232 valence electrons. The molecule has 0 spiro atoms. The molecule has 11 heteroatoms. The van der Waals surface area contributed by atoms with Crippen LogP contribution in [-0.2, 0) is 4.74 Å². The van der Waals surface area contributed by atoms with Crippen LogP contribution in [0.5, 0.6) is 0 Å². The summed E-state index contributed by atoms with van der Waals surface area (Å²) in [5.41, 5.74) is 7.35. The monoisotopic (exact) mass is 624 g/mol. The van der Waals surface area contributed by atoms with Gasteiger partial charge in [0.05, 0.1) is 35.6 Å². The number of hydrogen-bond acceptors (Lipinski definition) is 9. The molecule has 1 aliphatic carbocycles. The van der Waals surface area contributed by atoms with Gasteiger partial charge in [-0.2, -0.15) is 0 Å². The van der Waals surface area contributed by atoms with Gasteiger partial charge in [-0.3, -0.25) is 0 Å². The average molecular weight is 625 g/mol. The second-order valence-corrected chi connectivity index (χ2v) is 13.0. The zero-order valence-electron chi connectivity index (χ0n) is 25.5. The number of halogens is 1. The zero-order chi connectivity index (χ0) is 30.3. The summed E-state index contributed by atoms with van der Waals surface area (Å²) in [7, 11) is 0. The quantitative estimate of drug-likeness (QED) is 0.212. The number of nitrogens with zero attached hydrogens (tertiary/aromatic N) is 7. The summed E-state index contributed by atoms with van der Waals surface area (Å²) >= 11 is 1.55. The number of piperazine rings is 1. The van der Waals surface area contributed by atoms with Crippen LogP contribution in [0.3, 0.4) is 0 Å². The Morgan fingerprint density at radius 3 is 2.31 bits per heavy atom. The molecular formula is C34H37FN8OS. The van der Waals surface area contributed by atoms with Gasteiger partial charge in [0, 0.05) is 62.1 Å². The molecule has 1 N–H and O–H groups in total. The minimum atomic E-state index is -0.239. The van der Waals surface area contributed by atoms with Crippen molar-refractivity contribution in [3.8, 4) is 22.0 Å². The van der Waals surface area contributed by atoms with Crippen molar-refractivity contribution in [1.29, 1.82) is 0 Å². The summed E-state index contributed by atoms with van der Waals surface area (Å²) in [4.78, 5) is 12.4. The first-order valence-electron chi connectivity index (χ1n) is 16.0. The number of likely N-dealkylation sites (N-methyl/N-ethyl adjacent to an activating group) is 1. The summed E-state index contributed by atoms with van der Waals surface area (Å²) in [6, 6.07) is 20.1. The molecule has 3 aliphatic rings. The highest BCUT2D eigenvalue weighted by Crippen LogP contribution is 2.44. The first kappa shape index (κ1) is 28.4. The highest BCUT2D eigenvalue weighted by atomic mass is 32.1. The van der Waals surface area contributed by atoms with Crippen molar-refractivity contribution in [2.24, 2.45) is 0 Å². The molecular weight excluding hydrogens is 587 g/mol. The Kier molecular flexibility index (Phi) is 7.60. The maximum absolute atomic E-state index is 13.8. The van der Waals surface area contributed by atoms with Crippen LogP contribution in [0.15, 0.2) is 60.7 Å². The van der Waals surface area contributed by atoms with Crippen molar-refractivity contribution in [2.75, 3.05) is 74.1 Å². The molecule has 2 aliphatic heterocycles. The lowest BCUT2D eigenvalue weighted by Crippen LogP contribution is -2.46. The fraction of sp³-hybridized carbons (Fsp3) is 0.382. The van der Waals surface area contributed by atoms with E-state index in [2.05, 4.69) is 78.1 Å². The SMILES string of the molecule is CCN1CCN(c2cc3c(cc2Nc2nnc(-c4ccc(N5CCOCC5)cc4)s2)nc(-c2ccc(F)cc2)n3C2CC2)CC1. The van der Waals surface area contributed by atoms with E-state index in [1.807, 2.05) is 12.1 Å². The summed E-state index contributed by atoms with van der Waals surface area (Å²) < 4.78 is 21.7. The lowest BCUT2D eigenvalue weighted by Gasteiger charge is -2.36. The number of nitrogens with one attached hydrogen (secondary N) is 1. The Labute approximate surface area is 266 Å². The number of hydrogen-bond donors (Lipinski definition) is 1. The second-order valence-electron chi connectivity index (χ2n) is 12.0. The lowest BCUT2D eigenvalue weighted by molar-refractivity contribution is 0.122. The molecule has 2 aromatic heterocycles. The molecule has 45 heavy (non-hydrogen) atoms. The van der Waals surface area contributed by atoms with Crippen molar-refractivity contribution in [1.82, 2.24) is 24.6 Å². The number of morpholine rings is 1. The van der Waals surface area contributed by atoms with E-state index < -0.39 is 0 Å². The van der Waals surface area contributed by atoms with Crippen LogP contribution in [0.25, 0.3) is 33.0 Å². The largest absolute Gasteiger partial charge is 0.378 e. The Morgan fingerprint density at radius 2 is 1.60 bits per heavy atom. The summed E-state index contributed by atoms with van der Waals surface area (Å²) in [6.45, 7) is 10.6. The van der Waals surface area contributed by atoms with Gasteiger partial charge >= 0.3 is 0 Å². The van der Waals surface area contributed by atoms with Crippen LogP contribution < -0.4 is 15.1 Å². The van der Waals surface area contributed by atoms with E-state index in [9.17, 15) is 4.39 Å². The molecule has 0 atom stereocenters. The van der Waals surface area contributed by atoms with Gasteiger partial charge in [0.2, 0.25) is 5.13 Å². The van der Waals surface area contributed by atoms with Crippen LogP contribution in [0.1, 0.15) is 25.8 Å². The molecule has 8 rings (SSSR count). The van der Waals surface area contributed by atoms with Crippen molar-refractivity contribution >= 4 is 44.6 Å². The minimum Gasteiger partial charge on any atom is -0.378 e. The molecule has 3 aromatic carbocycles. The maximum Gasteiger partial charge on any atom is 0.210 e. The molecule has 0 radical (unpaired) electrons. The summed E-state index contributed by atoms with van der Waals surface area (Å²) in [5, 5.41) is 14.4. The van der Waals surface area contributed by atoms with Crippen LogP contribution in [0.2, 0.25) is 0 Å². The van der Waals surface area contributed by atoms with E-state index >= 15 is 0 Å². The first-order chi connectivity index (χ1) is 22.1. The molecule has 1 saturated carbocycles. The Hall–Kier alpha value is -4.06. The fourth-order valence-electron chi connectivity index (χ4n) is 6.44. The Morgan fingerprint density at radius 1 is 0.867 bits per heavy atom. The average Bonchev–Trinajstić information content (AvgIpc) is 3.70. The van der Waals surface area contributed by atoms with Crippen molar-refractivity contribution < 1.29 is 9.13 Å². The first-order valence-corrected chi connectivity index (χ1v) is 16.8. The summed E-state index contributed by atoms with van der Waals surface area (Å²) in [6.07, 6.45) is 2.26.